The standard InChI is InChI=1S/C18H38O/c1-5-9-13-17(14-10-6-2)19-18(15-11-7-3)16-12-8-4/h17-18H,5-16H2,1-4H3. The lowest BCUT2D eigenvalue weighted by atomic mass is 10.0. The second-order valence-corrected chi connectivity index (χ2v) is 5.95. The van der Waals surface area contributed by atoms with Gasteiger partial charge in [0.05, 0.1) is 12.2 Å². The first-order valence-electron chi connectivity index (χ1n) is 8.93. The van der Waals surface area contributed by atoms with Crippen molar-refractivity contribution >= 4 is 0 Å². The third-order valence-corrected chi connectivity index (χ3v) is 3.90. The van der Waals surface area contributed by atoms with Gasteiger partial charge in [-0.05, 0) is 25.7 Å². The highest BCUT2D eigenvalue weighted by molar-refractivity contribution is 4.65. The number of hydrogen-bond acceptors (Lipinski definition) is 1. The molecule has 0 aliphatic rings. The smallest absolute Gasteiger partial charge is 0.0578 e. The van der Waals surface area contributed by atoms with Crippen LogP contribution >= 0.6 is 0 Å². The summed E-state index contributed by atoms with van der Waals surface area (Å²) in [6, 6.07) is 0. The molecule has 0 aliphatic heterocycles. The maximum absolute atomic E-state index is 6.46. The van der Waals surface area contributed by atoms with Crippen molar-refractivity contribution in [3.8, 4) is 0 Å². The highest BCUT2D eigenvalue weighted by atomic mass is 16.5. The Morgan fingerprint density at radius 1 is 0.526 bits per heavy atom. The van der Waals surface area contributed by atoms with Crippen LogP contribution in [-0.4, -0.2) is 12.2 Å². The van der Waals surface area contributed by atoms with Crippen LogP contribution in [0.15, 0.2) is 0 Å². The van der Waals surface area contributed by atoms with Crippen molar-refractivity contribution < 1.29 is 4.74 Å². The zero-order chi connectivity index (χ0) is 14.3. The van der Waals surface area contributed by atoms with Crippen LogP contribution < -0.4 is 0 Å². The maximum atomic E-state index is 6.46. The van der Waals surface area contributed by atoms with Gasteiger partial charge in [0.1, 0.15) is 0 Å². The molecule has 0 radical (unpaired) electrons. The lowest BCUT2D eigenvalue weighted by Crippen LogP contribution is -2.22. The first kappa shape index (κ1) is 19.0. The van der Waals surface area contributed by atoms with Crippen LogP contribution in [0.4, 0.5) is 0 Å². The molecule has 0 amide bonds. The number of hydrogen-bond donors (Lipinski definition) is 0. The van der Waals surface area contributed by atoms with E-state index in [2.05, 4.69) is 27.7 Å². The van der Waals surface area contributed by atoms with Crippen LogP contribution in [0.25, 0.3) is 0 Å². The van der Waals surface area contributed by atoms with Crippen molar-refractivity contribution in [2.45, 2.75) is 117 Å². The summed E-state index contributed by atoms with van der Waals surface area (Å²) in [5, 5.41) is 0. The van der Waals surface area contributed by atoms with Crippen LogP contribution in [0.2, 0.25) is 0 Å². The zero-order valence-corrected chi connectivity index (χ0v) is 14.0. The molecule has 0 aromatic rings. The van der Waals surface area contributed by atoms with Crippen molar-refractivity contribution in [1.82, 2.24) is 0 Å². The van der Waals surface area contributed by atoms with E-state index in [4.69, 9.17) is 4.74 Å². The van der Waals surface area contributed by atoms with Gasteiger partial charge in [0.25, 0.3) is 0 Å². The topological polar surface area (TPSA) is 9.23 Å². The molecule has 0 N–H and O–H groups in total. The van der Waals surface area contributed by atoms with E-state index in [1.54, 1.807) is 0 Å². The van der Waals surface area contributed by atoms with E-state index in [9.17, 15) is 0 Å². The summed E-state index contributed by atoms with van der Waals surface area (Å²) in [7, 11) is 0. The average molecular weight is 271 g/mol. The minimum Gasteiger partial charge on any atom is -0.375 e. The first-order chi connectivity index (χ1) is 9.28. The van der Waals surface area contributed by atoms with Crippen molar-refractivity contribution in [2.24, 2.45) is 0 Å². The van der Waals surface area contributed by atoms with E-state index in [1.807, 2.05) is 0 Å². The summed E-state index contributed by atoms with van der Waals surface area (Å²) in [6.45, 7) is 9.12. The van der Waals surface area contributed by atoms with Gasteiger partial charge in [-0.25, -0.2) is 0 Å². The number of unbranched alkanes of at least 4 members (excludes halogenated alkanes) is 4. The molecule has 0 unspecified atom stereocenters. The molecule has 1 heteroatoms. The van der Waals surface area contributed by atoms with E-state index in [0.717, 1.165) is 0 Å². The van der Waals surface area contributed by atoms with Gasteiger partial charge < -0.3 is 4.74 Å². The van der Waals surface area contributed by atoms with Gasteiger partial charge in [0.2, 0.25) is 0 Å². The maximum Gasteiger partial charge on any atom is 0.0578 e. The normalized spacial score (nSPS) is 11.7. The fourth-order valence-corrected chi connectivity index (χ4v) is 2.56. The molecule has 0 fully saturated rings. The monoisotopic (exact) mass is 270 g/mol. The Labute approximate surface area is 122 Å². The van der Waals surface area contributed by atoms with Gasteiger partial charge >= 0.3 is 0 Å². The van der Waals surface area contributed by atoms with Gasteiger partial charge in [-0.3, -0.25) is 0 Å². The van der Waals surface area contributed by atoms with Gasteiger partial charge in [0, 0.05) is 0 Å². The van der Waals surface area contributed by atoms with Gasteiger partial charge in [-0.15, -0.1) is 0 Å². The molecule has 0 saturated carbocycles. The molecule has 0 aliphatic carbocycles. The molecule has 0 heterocycles. The summed E-state index contributed by atoms with van der Waals surface area (Å²) in [6.07, 6.45) is 16.6. The molecule has 0 bridgehead atoms. The van der Waals surface area contributed by atoms with Crippen LogP contribution in [0.1, 0.15) is 105 Å². The number of rotatable bonds is 14. The highest BCUT2D eigenvalue weighted by Gasteiger charge is 2.15. The largest absolute Gasteiger partial charge is 0.375 e. The minimum atomic E-state index is 0.526. The van der Waals surface area contributed by atoms with E-state index < -0.39 is 0 Å². The van der Waals surface area contributed by atoms with Crippen molar-refractivity contribution in [3.63, 3.8) is 0 Å². The van der Waals surface area contributed by atoms with Crippen LogP contribution in [0.5, 0.6) is 0 Å². The second kappa shape index (κ2) is 14.4. The predicted octanol–water partition coefficient (Wildman–Crippen LogP) is 6.50. The van der Waals surface area contributed by atoms with Crippen molar-refractivity contribution in [1.29, 1.82) is 0 Å². The Hall–Kier alpha value is -0.0400. The molecule has 0 rings (SSSR count). The second-order valence-electron chi connectivity index (χ2n) is 5.95. The summed E-state index contributed by atoms with van der Waals surface area (Å²) in [4.78, 5) is 0. The van der Waals surface area contributed by atoms with Crippen LogP contribution in [0.3, 0.4) is 0 Å². The van der Waals surface area contributed by atoms with Gasteiger partial charge in [-0.2, -0.15) is 0 Å². The molecule has 0 aromatic carbocycles. The lowest BCUT2D eigenvalue weighted by molar-refractivity contribution is -0.0317. The quantitative estimate of drug-likeness (QED) is 0.350. The molecule has 0 spiro atoms. The summed E-state index contributed by atoms with van der Waals surface area (Å²) in [5.41, 5.74) is 0. The van der Waals surface area contributed by atoms with Crippen molar-refractivity contribution in [3.05, 3.63) is 0 Å². The molecule has 1 nitrogen and oxygen atoms in total. The Morgan fingerprint density at radius 2 is 0.789 bits per heavy atom. The van der Waals surface area contributed by atoms with E-state index >= 15 is 0 Å². The summed E-state index contributed by atoms with van der Waals surface area (Å²) < 4.78 is 6.46. The molecule has 0 saturated heterocycles. The predicted molar refractivity (Wildman–Crippen MR) is 86.8 cm³/mol. The molecular weight excluding hydrogens is 232 g/mol. The van der Waals surface area contributed by atoms with E-state index in [-0.39, 0.29) is 0 Å². The van der Waals surface area contributed by atoms with Crippen LogP contribution in [-0.2, 0) is 4.74 Å². The molecule has 116 valence electrons. The van der Waals surface area contributed by atoms with E-state index in [0.29, 0.717) is 12.2 Å². The molecule has 0 atom stereocenters. The highest BCUT2D eigenvalue weighted by Crippen LogP contribution is 2.20. The van der Waals surface area contributed by atoms with Gasteiger partial charge in [-0.1, -0.05) is 79.1 Å². The molecule has 19 heavy (non-hydrogen) atoms. The van der Waals surface area contributed by atoms with Gasteiger partial charge in [0.15, 0.2) is 0 Å². The van der Waals surface area contributed by atoms with Crippen LogP contribution in [0, 0.1) is 0 Å². The molecular formula is C18H38O. The minimum absolute atomic E-state index is 0.526. The van der Waals surface area contributed by atoms with Crippen molar-refractivity contribution in [2.75, 3.05) is 0 Å². The Morgan fingerprint density at radius 3 is 1.00 bits per heavy atom. The lowest BCUT2D eigenvalue weighted by Gasteiger charge is -2.25. The summed E-state index contributed by atoms with van der Waals surface area (Å²) >= 11 is 0. The zero-order valence-electron chi connectivity index (χ0n) is 14.0. The molecule has 0 aromatic heterocycles. The Balaban J connectivity index is 4.16. The fraction of sp³-hybridized carbons (Fsp3) is 1.00. The third kappa shape index (κ3) is 11.5. The Bertz CT molecular complexity index is 133. The third-order valence-electron chi connectivity index (χ3n) is 3.90. The number of ether oxygens (including phenoxy) is 1. The van der Waals surface area contributed by atoms with E-state index in [1.165, 1.54) is 77.0 Å². The first-order valence-corrected chi connectivity index (χ1v) is 8.93. The SMILES string of the molecule is CCCCC(CCCC)OC(CCCC)CCCC. The fourth-order valence-electron chi connectivity index (χ4n) is 2.56. The Kier molecular flexibility index (Phi) is 14.3. The average Bonchev–Trinajstić information content (AvgIpc) is 2.44. The summed E-state index contributed by atoms with van der Waals surface area (Å²) in [5.74, 6) is 0.